The average Bonchev–Trinajstić information content (AvgIpc) is 2.29. The largest absolute Gasteiger partial charge is 0.493 e. The van der Waals surface area contributed by atoms with E-state index in [1.165, 1.54) is 10.8 Å². The fourth-order valence-corrected chi connectivity index (χ4v) is 0.779. The van der Waals surface area contributed by atoms with Crippen molar-refractivity contribution in [3.8, 4) is 18.2 Å². The molecule has 0 atom stereocenters. The third-order valence-electron chi connectivity index (χ3n) is 1.33. The van der Waals surface area contributed by atoms with Gasteiger partial charge in [-0.3, -0.25) is 4.57 Å². The Morgan fingerprint density at radius 3 is 3.00 bits per heavy atom. The molecule has 0 unspecified atom stereocenters. The van der Waals surface area contributed by atoms with E-state index in [1.54, 1.807) is 0 Å². The van der Waals surface area contributed by atoms with Crippen molar-refractivity contribution >= 4 is 0 Å². The van der Waals surface area contributed by atoms with Gasteiger partial charge >= 0.3 is 5.69 Å². The fourth-order valence-electron chi connectivity index (χ4n) is 0.779. The predicted molar refractivity (Wildman–Crippen MR) is 40.2 cm³/mol. The van der Waals surface area contributed by atoms with Crippen molar-refractivity contribution in [3.63, 3.8) is 0 Å². The Hall–Kier alpha value is -1.63. The number of terminal acetylenes is 1. The fraction of sp³-hybridized carbons (Fsp3) is 0.286. The van der Waals surface area contributed by atoms with Crippen molar-refractivity contribution in [1.82, 2.24) is 9.55 Å². The zero-order chi connectivity index (χ0) is 8.27. The molecule has 2 N–H and O–H groups in total. The minimum absolute atomic E-state index is 0.0785. The maximum absolute atomic E-state index is 10.8. The molecule has 0 saturated carbocycles. The molecule has 4 heteroatoms. The lowest BCUT2D eigenvalue weighted by Gasteiger charge is -1.96. The van der Waals surface area contributed by atoms with Gasteiger partial charge in [0, 0.05) is 13.0 Å². The van der Waals surface area contributed by atoms with E-state index in [0.29, 0.717) is 13.0 Å². The third kappa shape index (κ3) is 1.44. The highest BCUT2D eigenvalue weighted by Crippen LogP contribution is 2.02. The molecule has 58 valence electrons. The van der Waals surface area contributed by atoms with Crippen LogP contribution in [0.3, 0.4) is 0 Å². The van der Waals surface area contributed by atoms with Gasteiger partial charge < -0.3 is 10.1 Å². The van der Waals surface area contributed by atoms with E-state index in [0.717, 1.165) is 0 Å². The van der Waals surface area contributed by atoms with Crippen molar-refractivity contribution in [2.24, 2.45) is 0 Å². The first kappa shape index (κ1) is 7.48. The Morgan fingerprint density at radius 2 is 2.55 bits per heavy atom. The Balaban J connectivity index is 2.86. The number of nitrogens with zero attached hydrogens (tertiary/aromatic N) is 1. The molecule has 1 heterocycles. The summed E-state index contributed by atoms with van der Waals surface area (Å²) in [7, 11) is 0. The normalized spacial score (nSPS) is 9.36. The van der Waals surface area contributed by atoms with Gasteiger partial charge in [-0.05, 0) is 0 Å². The van der Waals surface area contributed by atoms with Crippen LogP contribution in [0, 0.1) is 12.3 Å². The lowest BCUT2D eigenvalue weighted by molar-refractivity contribution is 0.415. The van der Waals surface area contributed by atoms with Gasteiger partial charge in [0.05, 0.1) is 6.20 Å². The molecule has 0 aromatic carbocycles. The summed E-state index contributed by atoms with van der Waals surface area (Å²) in [6.07, 6.45) is 6.66. The second-order valence-electron chi connectivity index (χ2n) is 2.06. The van der Waals surface area contributed by atoms with Crippen LogP contribution in [0.4, 0.5) is 0 Å². The lowest BCUT2D eigenvalue weighted by Crippen LogP contribution is -2.16. The topological polar surface area (TPSA) is 58.0 Å². The van der Waals surface area contributed by atoms with Crippen molar-refractivity contribution < 1.29 is 5.11 Å². The Morgan fingerprint density at radius 1 is 1.82 bits per heavy atom. The molecular weight excluding hydrogens is 144 g/mol. The van der Waals surface area contributed by atoms with Crippen LogP contribution in [-0.2, 0) is 6.54 Å². The summed E-state index contributed by atoms with van der Waals surface area (Å²) in [5.74, 6) is 2.30. The SMILES string of the molecule is C#CCCn1c(O)c[nH]c1=O. The van der Waals surface area contributed by atoms with Crippen LogP contribution in [0.15, 0.2) is 11.0 Å². The molecule has 1 aromatic heterocycles. The maximum atomic E-state index is 10.8. The van der Waals surface area contributed by atoms with Gasteiger partial charge in [-0.2, -0.15) is 0 Å². The molecule has 11 heavy (non-hydrogen) atoms. The summed E-state index contributed by atoms with van der Waals surface area (Å²) in [6.45, 7) is 0.352. The van der Waals surface area contributed by atoms with Gasteiger partial charge in [0.15, 0.2) is 0 Å². The molecule has 0 fully saturated rings. The average molecular weight is 152 g/mol. The van der Waals surface area contributed by atoms with Crippen molar-refractivity contribution in [3.05, 3.63) is 16.7 Å². The van der Waals surface area contributed by atoms with Crippen LogP contribution in [0.1, 0.15) is 6.42 Å². The van der Waals surface area contributed by atoms with Gasteiger partial charge in [-0.15, -0.1) is 12.3 Å². The first-order valence-corrected chi connectivity index (χ1v) is 3.16. The summed E-state index contributed by atoms with van der Waals surface area (Å²) in [4.78, 5) is 13.2. The van der Waals surface area contributed by atoms with Crippen molar-refractivity contribution in [1.29, 1.82) is 0 Å². The van der Waals surface area contributed by atoms with Crippen LogP contribution >= 0.6 is 0 Å². The number of hydrogen-bond acceptors (Lipinski definition) is 2. The molecule has 0 spiro atoms. The van der Waals surface area contributed by atoms with E-state index in [9.17, 15) is 4.79 Å². The van der Waals surface area contributed by atoms with Crippen LogP contribution in [0.2, 0.25) is 0 Å². The molecule has 0 aliphatic rings. The first-order chi connectivity index (χ1) is 5.25. The maximum Gasteiger partial charge on any atom is 0.328 e. The summed E-state index contributed by atoms with van der Waals surface area (Å²) in [5.41, 5.74) is -0.335. The van der Waals surface area contributed by atoms with E-state index in [-0.39, 0.29) is 11.6 Å². The number of H-pyrrole nitrogens is 1. The molecule has 0 amide bonds. The molecule has 1 rings (SSSR count). The van der Waals surface area contributed by atoms with Crippen molar-refractivity contribution in [2.45, 2.75) is 13.0 Å². The van der Waals surface area contributed by atoms with Gasteiger partial charge in [-0.1, -0.05) is 0 Å². The molecule has 0 aliphatic carbocycles. The zero-order valence-electron chi connectivity index (χ0n) is 5.87. The number of nitrogens with one attached hydrogen (secondary N) is 1. The van der Waals surface area contributed by atoms with Gasteiger partial charge in [0.2, 0.25) is 5.88 Å². The quantitative estimate of drug-likeness (QED) is 0.581. The van der Waals surface area contributed by atoms with Crippen LogP contribution < -0.4 is 5.69 Å². The summed E-state index contributed by atoms with van der Waals surface area (Å²) in [5, 5.41) is 9.02. The monoisotopic (exact) mass is 152 g/mol. The third-order valence-corrected chi connectivity index (χ3v) is 1.33. The number of aromatic nitrogens is 2. The highest BCUT2D eigenvalue weighted by atomic mass is 16.3. The number of aromatic amines is 1. The zero-order valence-corrected chi connectivity index (χ0v) is 5.87. The van der Waals surface area contributed by atoms with Crippen molar-refractivity contribution in [2.75, 3.05) is 0 Å². The minimum Gasteiger partial charge on any atom is -0.493 e. The number of aromatic hydroxyl groups is 1. The summed E-state index contributed by atoms with van der Waals surface area (Å²) >= 11 is 0. The molecule has 0 radical (unpaired) electrons. The van der Waals surface area contributed by atoms with Crippen LogP contribution in [-0.4, -0.2) is 14.7 Å². The molecule has 0 bridgehead atoms. The lowest BCUT2D eigenvalue weighted by atomic mass is 10.4. The van der Waals surface area contributed by atoms with Gasteiger partial charge in [-0.25, -0.2) is 4.79 Å². The Bertz CT molecular complexity index is 329. The van der Waals surface area contributed by atoms with Gasteiger partial charge in [0.1, 0.15) is 0 Å². The second-order valence-corrected chi connectivity index (χ2v) is 2.06. The van der Waals surface area contributed by atoms with E-state index in [2.05, 4.69) is 10.9 Å². The van der Waals surface area contributed by atoms with E-state index >= 15 is 0 Å². The molecule has 0 saturated heterocycles. The number of imidazole rings is 1. The predicted octanol–water partition coefficient (Wildman–Crippen LogP) is -0.0947. The summed E-state index contributed by atoms with van der Waals surface area (Å²) < 4.78 is 1.18. The van der Waals surface area contributed by atoms with E-state index in [4.69, 9.17) is 11.5 Å². The molecule has 0 aliphatic heterocycles. The van der Waals surface area contributed by atoms with Gasteiger partial charge in [0.25, 0.3) is 0 Å². The molecule has 1 aromatic rings. The smallest absolute Gasteiger partial charge is 0.328 e. The standard InChI is InChI=1S/C7H8N2O2/c1-2-3-4-9-6(10)5-8-7(9)11/h1,5,10H,3-4H2,(H,8,11). The Labute approximate surface area is 63.5 Å². The number of hydrogen-bond donors (Lipinski definition) is 2. The van der Waals surface area contributed by atoms with Crippen LogP contribution in [0.25, 0.3) is 0 Å². The van der Waals surface area contributed by atoms with E-state index in [1.807, 2.05) is 0 Å². The van der Waals surface area contributed by atoms with Crippen LogP contribution in [0.5, 0.6) is 5.88 Å². The second kappa shape index (κ2) is 2.97. The minimum atomic E-state index is -0.335. The molecular formula is C7H8N2O2. The highest BCUT2D eigenvalue weighted by Gasteiger charge is 2.01. The number of rotatable bonds is 2. The molecule has 4 nitrogen and oxygen atoms in total. The summed E-state index contributed by atoms with van der Waals surface area (Å²) in [6, 6.07) is 0. The first-order valence-electron chi connectivity index (χ1n) is 3.16. The highest BCUT2D eigenvalue weighted by molar-refractivity contribution is 5.03. The Kier molecular flexibility index (Phi) is 2.02. The van der Waals surface area contributed by atoms with E-state index < -0.39 is 0 Å².